The SMILES string of the molecule is CCCC(C(Oc1csc(C(F)(F)F)c1)C(=O)N1CCC(O)(c2ccccc2SC(C)CCC2(C(=O)O)CCC2)CC1)N(CCC)C(=O)c1ncccc1C(F)(F)F. The number of nitrogens with zero attached hydrogens (tertiary/aromatic N) is 3. The summed E-state index contributed by atoms with van der Waals surface area (Å²) < 4.78 is 89.3. The van der Waals surface area contributed by atoms with E-state index in [4.69, 9.17) is 4.74 Å². The molecular formula is C41H49F6N3O6S2. The number of ether oxygens (including phenoxy) is 1. The van der Waals surface area contributed by atoms with E-state index in [2.05, 4.69) is 4.98 Å². The van der Waals surface area contributed by atoms with Crippen LogP contribution in [0.4, 0.5) is 26.3 Å². The molecule has 1 aliphatic heterocycles. The Balaban J connectivity index is 1.41. The second kappa shape index (κ2) is 18.6. The number of hydrogen-bond donors (Lipinski definition) is 2. The number of piperidine rings is 1. The molecule has 17 heteroatoms. The van der Waals surface area contributed by atoms with Crippen LogP contribution < -0.4 is 4.74 Å². The first-order valence-corrected chi connectivity index (χ1v) is 21.3. The number of likely N-dealkylation sites (tertiary alicyclic amines) is 1. The second-order valence-corrected chi connectivity index (χ2v) is 17.6. The Hall–Kier alpha value is -3.83. The highest BCUT2D eigenvalue weighted by Crippen LogP contribution is 2.47. The predicted octanol–water partition coefficient (Wildman–Crippen LogP) is 9.68. The quantitative estimate of drug-likeness (QED) is 0.102. The second-order valence-electron chi connectivity index (χ2n) is 15.2. The minimum Gasteiger partial charge on any atom is -0.481 e. The van der Waals surface area contributed by atoms with Crippen LogP contribution in [0.25, 0.3) is 0 Å². The van der Waals surface area contributed by atoms with Gasteiger partial charge in [-0.2, -0.15) is 26.3 Å². The number of halogens is 6. The number of carboxylic acids is 1. The monoisotopic (exact) mass is 857 g/mol. The van der Waals surface area contributed by atoms with E-state index < -0.39 is 69.4 Å². The van der Waals surface area contributed by atoms with Crippen molar-refractivity contribution < 1.29 is 55.7 Å². The number of pyridine rings is 1. The Morgan fingerprint density at radius 2 is 1.67 bits per heavy atom. The van der Waals surface area contributed by atoms with Gasteiger partial charge >= 0.3 is 18.3 Å². The van der Waals surface area contributed by atoms with Crippen LogP contribution in [-0.2, 0) is 27.5 Å². The molecule has 318 valence electrons. The molecule has 0 bridgehead atoms. The number of amides is 2. The van der Waals surface area contributed by atoms with Crippen LogP contribution in [-0.4, -0.2) is 79.8 Å². The van der Waals surface area contributed by atoms with Crippen molar-refractivity contribution in [2.75, 3.05) is 19.6 Å². The zero-order valence-electron chi connectivity index (χ0n) is 32.6. The van der Waals surface area contributed by atoms with Crippen molar-refractivity contribution in [3.8, 4) is 5.75 Å². The summed E-state index contributed by atoms with van der Waals surface area (Å²) in [5, 5.41) is 23.0. The summed E-state index contributed by atoms with van der Waals surface area (Å²) >= 11 is 1.90. The molecule has 3 unspecified atom stereocenters. The molecule has 2 N–H and O–H groups in total. The highest BCUT2D eigenvalue weighted by atomic mass is 32.2. The number of alkyl halides is 6. The maximum atomic E-state index is 14.6. The Labute approximate surface area is 342 Å². The van der Waals surface area contributed by atoms with Gasteiger partial charge in [0.05, 0.1) is 22.6 Å². The van der Waals surface area contributed by atoms with Crippen LogP contribution in [0.2, 0.25) is 0 Å². The van der Waals surface area contributed by atoms with E-state index in [1.807, 2.05) is 25.1 Å². The number of carboxylic acid groups (broad SMARTS) is 1. The zero-order chi connectivity index (χ0) is 42.5. The number of benzene rings is 1. The number of carbonyl (C=O) groups is 3. The first-order chi connectivity index (χ1) is 27.3. The molecular weight excluding hydrogens is 809 g/mol. The predicted molar refractivity (Wildman–Crippen MR) is 208 cm³/mol. The maximum absolute atomic E-state index is 14.6. The third-order valence-corrected chi connectivity index (χ3v) is 13.4. The van der Waals surface area contributed by atoms with Gasteiger partial charge in [-0.25, -0.2) is 0 Å². The lowest BCUT2D eigenvalue weighted by atomic mass is 9.66. The summed E-state index contributed by atoms with van der Waals surface area (Å²) in [5.74, 6) is -2.84. The van der Waals surface area contributed by atoms with Crippen LogP contribution in [0, 0.1) is 5.41 Å². The molecule has 5 rings (SSSR count). The number of thioether (sulfide) groups is 1. The smallest absolute Gasteiger partial charge is 0.425 e. The molecule has 1 aromatic carbocycles. The van der Waals surface area contributed by atoms with E-state index in [1.54, 1.807) is 31.7 Å². The number of thiophene rings is 1. The van der Waals surface area contributed by atoms with Crippen LogP contribution in [0.3, 0.4) is 0 Å². The maximum Gasteiger partial charge on any atom is 0.425 e. The van der Waals surface area contributed by atoms with Gasteiger partial charge in [-0.15, -0.1) is 23.1 Å². The summed E-state index contributed by atoms with van der Waals surface area (Å²) in [6.45, 7) is 5.35. The lowest BCUT2D eigenvalue weighted by Gasteiger charge is -2.42. The summed E-state index contributed by atoms with van der Waals surface area (Å²) in [7, 11) is 0. The number of aromatic nitrogens is 1. The van der Waals surface area contributed by atoms with Crippen molar-refractivity contribution in [1.29, 1.82) is 0 Å². The van der Waals surface area contributed by atoms with E-state index in [1.165, 1.54) is 4.90 Å². The molecule has 3 aromatic rings. The van der Waals surface area contributed by atoms with Gasteiger partial charge in [0.15, 0.2) is 6.10 Å². The molecule has 0 radical (unpaired) electrons. The van der Waals surface area contributed by atoms with E-state index in [0.717, 1.165) is 46.0 Å². The molecule has 1 aliphatic carbocycles. The Morgan fingerprint density at radius 1 is 0.983 bits per heavy atom. The summed E-state index contributed by atoms with van der Waals surface area (Å²) in [6, 6.07) is 8.69. The third kappa shape index (κ3) is 10.3. The molecule has 2 aliphatic rings. The Bertz CT molecular complexity index is 1890. The van der Waals surface area contributed by atoms with E-state index in [9.17, 15) is 50.9 Å². The molecule has 2 amide bonds. The lowest BCUT2D eigenvalue weighted by Crippen LogP contribution is -2.58. The summed E-state index contributed by atoms with van der Waals surface area (Å²) in [6.07, 6.45) is -5.94. The van der Waals surface area contributed by atoms with Gasteiger partial charge in [-0.3, -0.25) is 19.4 Å². The van der Waals surface area contributed by atoms with Gasteiger partial charge in [0.25, 0.3) is 11.8 Å². The van der Waals surface area contributed by atoms with E-state index >= 15 is 0 Å². The average molecular weight is 858 g/mol. The van der Waals surface area contributed by atoms with Gasteiger partial charge in [0, 0.05) is 47.4 Å². The molecule has 58 heavy (non-hydrogen) atoms. The van der Waals surface area contributed by atoms with Crippen molar-refractivity contribution in [3.05, 3.63) is 75.7 Å². The van der Waals surface area contributed by atoms with Crippen LogP contribution in [0.15, 0.2) is 58.9 Å². The first kappa shape index (κ1) is 45.3. The van der Waals surface area contributed by atoms with E-state index in [-0.39, 0.29) is 56.3 Å². The van der Waals surface area contributed by atoms with Crippen molar-refractivity contribution in [1.82, 2.24) is 14.8 Å². The molecule has 2 fully saturated rings. The fraction of sp³-hybridized carbons (Fsp3) is 0.561. The summed E-state index contributed by atoms with van der Waals surface area (Å²) in [4.78, 5) is 46.8. The first-order valence-electron chi connectivity index (χ1n) is 19.5. The number of carbonyl (C=O) groups excluding carboxylic acids is 2. The zero-order valence-corrected chi connectivity index (χ0v) is 34.2. The van der Waals surface area contributed by atoms with Crippen LogP contribution in [0.5, 0.6) is 5.75 Å². The Kier molecular flexibility index (Phi) is 14.5. The molecule has 0 spiro atoms. The molecule has 1 saturated carbocycles. The fourth-order valence-corrected chi connectivity index (χ4v) is 9.66. The lowest BCUT2D eigenvalue weighted by molar-refractivity contribution is -0.155. The highest BCUT2D eigenvalue weighted by molar-refractivity contribution is 8.00. The number of aliphatic carboxylic acids is 1. The van der Waals surface area contributed by atoms with Crippen LogP contribution >= 0.6 is 23.1 Å². The molecule has 1 saturated heterocycles. The van der Waals surface area contributed by atoms with Crippen LogP contribution in [0.1, 0.15) is 111 Å². The molecule has 9 nitrogen and oxygen atoms in total. The number of aliphatic hydroxyl groups is 1. The minimum absolute atomic E-state index is 0.00134. The van der Waals surface area contributed by atoms with Gasteiger partial charge in [0.1, 0.15) is 16.3 Å². The normalized spacial score (nSPS) is 18.1. The Morgan fingerprint density at radius 3 is 2.24 bits per heavy atom. The van der Waals surface area contributed by atoms with Crippen molar-refractivity contribution in [3.63, 3.8) is 0 Å². The standard InChI is InChI=1S/C41H49F6N3O6S2/c1-4-10-30(50(21-5-2)35(51)33-29(40(42,43)44)12-8-20-48-33)34(56-27-24-32(57-25-27)41(45,46)47)36(52)49-22-18-39(55,19-23-49)28-11-6-7-13-31(28)58-26(3)14-17-38(37(53)54)15-9-16-38/h6-8,11-13,20,24-26,30,34,55H,4-5,9-10,14-19,21-23H2,1-3H3,(H,53,54). The van der Waals surface area contributed by atoms with Gasteiger partial charge in [-0.05, 0) is 75.1 Å². The topological polar surface area (TPSA) is 120 Å². The minimum atomic E-state index is -4.92. The average Bonchev–Trinajstić information content (AvgIpc) is 3.64. The third-order valence-electron chi connectivity index (χ3n) is 11.1. The van der Waals surface area contributed by atoms with Gasteiger partial charge in [0.2, 0.25) is 0 Å². The van der Waals surface area contributed by atoms with Gasteiger partial charge in [-0.1, -0.05) is 51.8 Å². The molecule has 2 aromatic heterocycles. The summed E-state index contributed by atoms with van der Waals surface area (Å²) in [5.41, 5.74) is -3.54. The van der Waals surface area contributed by atoms with Crippen molar-refractivity contribution in [2.45, 2.75) is 125 Å². The van der Waals surface area contributed by atoms with Gasteiger partial charge < -0.3 is 24.7 Å². The van der Waals surface area contributed by atoms with Crippen molar-refractivity contribution >= 4 is 40.9 Å². The molecule has 3 atom stereocenters. The fourth-order valence-electron chi connectivity index (χ4n) is 7.76. The highest BCUT2D eigenvalue weighted by Gasteiger charge is 2.46. The number of rotatable bonds is 17. The van der Waals surface area contributed by atoms with E-state index in [0.29, 0.717) is 49.0 Å². The van der Waals surface area contributed by atoms with Crippen molar-refractivity contribution in [2.24, 2.45) is 5.41 Å². The number of hydrogen-bond acceptors (Lipinski definition) is 8. The largest absolute Gasteiger partial charge is 0.481 e. The molecule has 3 heterocycles.